The Morgan fingerprint density at radius 2 is 2.29 bits per heavy atom. The molecule has 2 heterocycles. The summed E-state index contributed by atoms with van der Waals surface area (Å²) >= 11 is 0. The fourth-order valence-corrected chi connectivity index (χ4v) is 2.20. The van der Waals surface area contributed by atoms with Crippen molar-refractivity contribution in [3.05, 3.63) is 23.1 Å². The second-order valence-electron chi connectivity index (χ2n) is 4.41. The second kappa shape index (κ2) is 3.51. The van der Waals surface area contributed by atoms with E-state index in [1.165, 1.54) is 4.52 Å². The molecular formula is C11H12N4O2. The first-order valence-corrected chi connectivity index (χ1v) is 5.62. The summed E-state index contributed by atoms with van der Waals surface area (Å²) in [6.07, 6.45) is 4.87. The van der Waals surface area contributed by atoms with Gasteiger partial charge in [0.25, 0.3) is 0 Å². The third-order valence-electron chi connectivity index (χ3n) is 3.37. The molecule has 6 heteroatoms. The lowest BCUT2D eigenvalue weighted by molar-refractivity contribution is 0.0684. The van der Waals surface area contributed by atoms with Crippen molar-refractivity contribution in [3.63, 3.8) is 0 Å². The van der Waals surface area contributed by atoms with Crippen LogP contribution in [0.4, 0.5) is 0 Å². The Balaban J connectivity index is 2.28. The van der Waals surface area contributed by atoms with Crippen molar-refractivity contribution >= 4 is 11.6 Å². The van der Waals surface area contributed by atoms with Crippen molar-refractivity contribution < 1.29 is 9.90 Å². The number of hydrogen-bond acceptors (Lipinski definition) is 4. The van der Waals surface area contributed by atoms with Gasteiger partial charge >= 0.3 is 5.97 Å². The number of aromatic nitrogens is 4. The average molecular weight is 232 g/mol. The molecule has 0 bridgehead atoms. The summed E-state index contributed by atoms with van der Waals surface area (Å²) in [7, 11) is 0. The van der Waals surface area contributed by atoms with Crippen molar-refractivity contribution in [2.75, 3.05) is 0 Å². The maximum atomic E-state index is 11.4. The van der Waals surface area contributed by atoms with Crippen LogP contribution in [0.5, 0.6) is 0 Å². The number of nitrogens with zero attached hydrogens (tertiary/aromatic N) is 4. The van der Waals surface area contributed by atoms with E-state index in [2.05, 4.69) is 15.3 Å². The number of rotatable bonds is 2. The van der Waals surface area contributed by atoms with Gasteiger partial charge in [-0.1, -0.05) is 11.6 Å². The molecule has 1 aliphatic rings. The lowest BCUT2D eigenvalue weighted by Crippen LogP contribution is -2.18. The SMILES string of the molecule is Cc1nnn2c(C(=O)O)c(C3CCC3)cnc12. The standard InChI is InChI=1S/C11H12N4O2/c1-6-10-12-5-8(7-3-2-4-7)9(11(16)17)15(10)14-13-6/h5,7H,2-4H2,1H3,(H,16,17). The van der Waals surface area contributed by atoms with E-state index >= 15 is 0 Å². The normalized spacial score (nSPS) is 16.1. The highest BCUT2D eigenvalue weighted by molar-refractivity contribution is 5.88. The van der Waals surface area contributed by atoms with Crippen molar-refractivity contribution in [1.29, 1.82) is 0 Å². The molecule has 17 heavy (non-hydrogen) atoms. The van der Waals surface area contributed by atoms with Crippen molar-refractivity contribution in [1.82, 2.24) is 19.8 Å². The molecule has 0 unspecified atom stereocenters. The van der Waals surface area contributed by atoms with E-state index in [0.717, 1.165) is 24.8 Å². The molecule has 3 rings (SSSR count). The molecule has 0 saturated heterocycles. The van der Waals surface area contributed by atoms with Crippen molar-refractivity contribution in [2.24, 2.45) is 0 Å². The van der Waals surface area contributed by atoms with Crippen LogP contribution in [0.25, 0.3) is 5.65 Å². The highest BCUT2D eigenvalue weighted by Crippen LogP contribution is 2.37. The summed E-state index contributed by atoms with van der Waals surface area (Å²) in [5, 5.41) is 17.1. The van der Waals surface area contributed by atoms with Gasteiger partial charge in [0.05, 0.1) is 0 Å². The van der Waals surface area contributed by atoms with Crippen molar-refractivity contribution in [2.45, 2.75) is 32.1 Å². The summed E-state index contributed by atoms with van der Waals surface area (Å²) < 4.78 is 1.34. The Hall–Kier alpha value is -1.98. The Morgan fingerprint density at radius 1 is 1.53 bits per heavy atom. The van der Waals surface area contributed by atoms with Crippen LogP contribution >= 0.6 is 0 Å². The average Bonchev–Trinajstić information content (AvgIpc) is 2.57. The van der Waals surface area contributed by atoms with Gasteiger partial charge in [0.2, 0.25) is 0 Å². The maximum Gasteiger partial charge on any atom is 0.355 e. The molecule has 2 aromatic heterocycles. The predicted octanol–water partition coefficient (Wildman–Crippen LogP) is 1.40. The molecule has 1 N–H and O–H groups in total. The van der Waals surface area contributed by atoms with Crippen molar-refractivity contribution in [3.8, 4) is 0 Å². The van der Waals surface area contributed by atoms with Crippen LogP contribution < -0.4 is 0 Å². The number of fused-ring (bicyclic) bond motifs is 1. The molecule has 0 radical (unpaired) electrons. The van der Waals surface area contributed by atoms with Crippen LogP contribution in [0.2, 0.25) is 0 Å². The maximum absolute atomic E-state index is 11.4. The fourth-order valence-electron chi connectivity index (χ4n) is 2.20. The third kappa shape index (κ3) is 1.40. The molecular weight excluding hydrogens is 220 g/mol. The summed E-state index contributed by atoms with van der Waals surface area (Å²) in [5.41, 5.74) is 2.15. The van der Waals surface area contributed by atoms with Crippen LogP contribution in [0, 0.1) is 6.92 Å². The van der Waals surface area contributed by atoms with Crippen LogP contribution in [-0.4, -0.2) is 30.9 Å². The smallest absolute Gasteiger partial charge is 0.355 e. The first-order valence-electron chi connectivity index (χ1n) is 5.62. The number of carboxylic acid groups (broad SMARTS) is 1. The van der Waals surface area contributed by atoms with Gasteiger partial charge in [-0.05, 0) is 25.7 Å². The Bertz CT molecular complexity index is 601. The summed E-state index contributed by atoms with van der Waals surface area (Å²) in [4.78, 5) is 15.6. The molecule has 0 atom stereocenters. The monoisotopic (exact) mass is 232 g/mol. The van der Waals surface area contributed by atoms with E-state index in [0.29, 0.717) is 17.3 Å². The van der Waals surface area contributed by atoms with E-state index in [4.69, 9.17) is 0 Å². The number of aryl methyl sites for hydroxylation is 1. The van der Waals surface area contributed by atoms with Gasteiger partial charge in [-0.3, -0.25) is 0 Å². The Labute approximate surface area is 97.3 Å². The summed E-state index contributed by atoms with van der Waals surface area (Å²) in [5.74, 6) is -0.660. The van der Waals surface area contributed by atoms with Gasteiger partial charge < -0.3 is 5.11 Å². The van der Waals surface area contributed by atoms with Crippen LogP contribution in [0.1, 0.15) is 46.9 Å². The van der Waals surface area contributed by atoms with E-state index in [-0.39, 0.29) is 5.69 Å². The molecule has 88 valence electrons. The highest BCUT2D eigenvalue weighted by Gasteiger charge is 2.27. The van der Waals surface area contributed by atoms with E-state index in [1.54, 1.807) is 13.1 Å². The fraction of sp³-hybridized carbons (Fsp3) is 0.455. The number of hydrogen-bond donors (Lipinski definition) is 1. The minimum atomic E-state index is -0.968. The minimum Gasteiger partial charge on any atom is -0.476 e. The second-order valence-corrected chi connectivity index (χ2v) is 4.41. The molecule has 0 amide bonds. The predicted molar refractivity (Wildman–Crippen MR) is 59.1 cm³/mol. The van der Waals surface area contributed by atoms with E-state index in [9.17, 15) is 9.90 Å². The zero-order chi connectivity index (χ0) is 12.0. The largest absolute Gasteiger partial charge is 0.476 e. The molecule has 1 aliphatic carbocycles. The van der Waals surface area contributed by atoms with Gasteiger partial charge in [0, 0.05) is 11.8 Å². The molecule has 1 fully saturated rings. The quantitative estimate of drug-likeness (QED) is 0.846. The van der Waals surface area contributed by atoms with E-state index < -0.39 is 5.97 Å². The van der Waals surface area contributed by atoms with Crippen LogP contribution in [-0.2, 0) is 0 Å². The third-order valence-corrected chi connectivity index (χ3v) is 3.37. The first kappa shape index (κ1) is 10.2. The molecule has 6 nitrogen and oxygen atoms in total. The van der Waals surface area contributed by atoms with E-state index in [1.807, 2.05) is 0 Å². The lowest BCUT2D eigenvalue weighted by Gasteiger charge is -2.26. The number of carbonyl (C=O) groups is 1. The Morgan fingerprint density at radius 3 is 2.88 bits per heavy atom. The zero-order valence-corrected chi connectivity index (χ0v) is 9.42. The minimum absolute atomic E-state index is 0.209. The topological polar surface area (TPSA) is 80.4 Å². The van der Waals surface area contributed by atoms with Gasteiger partial charge in [-0.25, -0.2) is 9.78 Å². The number of aromatic carboxylic acids is 1. The van der Waals surface area contributed by atoms with Gasteiger partial charge in [-0.15, -0.1) is 5.10 Å². The lowest BCUT2D eigenvalue weighted by atomic mass is 9.80. The molecule has 0 spiro atoms. The molecule has 2 aromatic rings. The van der Waals surface area contributed by atoms with Crippen LogP contribution in [0.3, 0.4) is 0 Å². The molecule has 1 saturated carbocycles. The Kier molecular flexibility index (Phi) is 2.10. The summed E-state index contributed by atoms with van der Waals surface area (Å²) in [6.45, 7) is 1.77. The highest BCUT2D eigenvalue weighted by atomic mass is 16.4. The zero-order valence-electron chi connectivity index (χ0n) is 9.42. The van der Waals surface area contributed by atoms with Gasteiger partial charge in [-0.2, -0.15) is 4.52 Å². The summed E-state index contributed by atoms with van der Waals surface area (Å²) in [6, 6.07) is 0. The van der Waals surface area contributed by atoms with Gasteiger partial charge in [0.15, 0.2) is 11.3 Å². The molecule has 0 aliphatic heterocycles. The van der Waals surface area contributed by atoms with Gasteiger partial charge in [0.1, 0.15) is 5.69 Å². The van der Waals surface area contributed by atoms with Crippen LogP contribution in [0.15, 0.2) is 6.20 Å². The molecule has 0 aromatic carbocycles. The number of carboxylic acids is 1. The first-order chi connectivity index (χ1) is 8.18.